The molecular weight excluding hydrogens is 383 g/mol. The normalized spacial score (nSPS) is 11.2. The second kappa shape index (κ2) is 7.59. The first-order valence-electron chi connectivity index (χ1n) is 7.75. The Labute approximate surface area is 155 Å². The highest BCUT2D eigenvalue weighted by Gasteiger charge is 2.30. The maximum Gasteiger partial charge on any atom is 0.416 e. The molecule has 0 atom stereocenters. The van der Waals surface area contributed by atoms with Crippen LogP contribution in [-0.4, -0.2) is 15.9 Å². The second-order valence-corrected chi connectivity index (χ2v) is 5.57. The number of hydrogen-bond acceptors (Lipinski definition) is 4. The number of amides is 1. The zero-order valence-electron chi connectivity index (χ0n) is 13.9. The number of halogens is 5. The summed E-state index contributed by atoms with van der Waals surface area (Å²) in [6.45, 7) is 0. The van der Waals surface area contributed by atoms with Crippen molar-refractivity contribution < 1.29 is 26.7 Å². The van der Waals surface area contributed by atoms with Crippen LogP contribution < -0.4 is 10.6 Å². The molecule has 2 N–H and O–H groups in total. The fraction of sp³-hybridized carbons (Fsp3) is 0.0556. The van der Waals surface area contributed by atoms with Crippen LogP contribution in [0.15, 0.2) is 54.9 Å². The van der Waals surface area contributed by atoms with E-state index in [1.165, 1.54) is 6.07 Å². The molecule has 1 aromatic heterocycles. The number of aromatic nitrogens is 2. The molecule has 0 spiro atoms. The predicted octanol–water partition coefficient (Wildman–Crippen LogP) is 4.77. The summed E-state index contributed by atoms with van der Waals surface area (Å²) in [6.07, 6.45) is -3.43. The molecule has 0 bridgehead atoms. The lowest BCUT2D eigenvalue weighted by atomic mass is 10.2. The van der Waals surface area contributed by atoms with Gasteiger partial charge in [-0.3, -0.25) is 4.79 Å². The smallest absolute Gasteiger partial charge is 0.338 e. The summed E-state index contributed by atoms with van der Waals surface area (Å²) in [6, 6.07) is 7.98. The average Bonchev–Trinajstić information content (AvgIpc) is 2.64. The van der Waals surface area contributed by atoms with Crippen molar-refractivity contribution in [1.82, 2.24) is 9.97 Å². The first-order valence-corrected chi connectivity index (χ1v) is 7.75. The Morgan fingerprint density at radius 2 is 1.64 bits per heavy atom. The van der Waals surface area contributed by atoms with Gasteiger partial charge in [-0.25, -0.2) is 18.7 Å². The molecule has 0 saturated carbocycles. The van der Waals surface area contributed by atoms with Crippen molar-refractivity contribution in [3.8, 4) is 0 Å². The van der Waals surface area contributed by atoms with Gasteiger partial charge in [0.1, 0.15) is 29.5 Å². The van der Waals surface area contributed by atoms with Crippen LogP contribution in [0, 0.1) is 11.6 Å². The van der Waals surface area contributed by atoms with Crippen molar-refractivity contribution in [2.45, 2.75) is 6.18 Å². The van der Waals surface area contributed by atoms with Crippen LogP contribution in [0.5, 0.6) is 0 Å². The lowest BCUT2D eigenvalue weighted by Gasteiger charge is -2.10. The van der Waals surface area contributed by atoms with Crippen LogP contribution in [0.3, 0.4) is 0 Å². The van der Waals surface area contributed by atoms with E-state index in [2.05, 4.69) is 20.6 Å². The minimum atomic E-state index is -4.48. The predicted molar refractivity (Wildman–Crippen MR) is 91.1 cm³/mol. The molecule has 1 amide bonds. The third kappa shape index (κ3) is 4.58. The van der Waals surface area contributed by atoms with Crippen LogP contribution in [-0.2, 0) is 6.18 Å². The first-order chi connectivity index (χ1) is 13.2. The molecular formula is C18H11F5N4O. The Morgan fingerprint density at radius 3 is 2.29 bits per heavy atom. The van der Waals surface area contributed by atoms with E-state index >= 15 is 0 Å². The topological polar surface area (TPSA) is 66.9 Å². The fourth-order valence-corrected chi connectivity index (χ4v) is 2.22. The van der Waals surface area contributed by atoms with Gasteiger partial charge in [-0.05, 0) is 36.4 Å². The highest BCUT2D eigenvalue weighted by molar-refractivity contribution is 6.03. The van der Waals surface area contributed by atoms with Gasteiger partial charge in [0.25, 0.3) is 5.91 Å². The number of hydrogen-bond donors (Lipinski definition) is 2. The number of carbonyl (C=O) groups excluding carboxylic acids is 1. The van der Waals surface area contributed by atoms with Crippen LogP contribution in [0.2, 0.25) is 0 Å². The molecule has 0 aliphatic carbocycles. The Morgan fingerprint density at radius 1 is 0.929 bits per heavy atom. The summed E-state index contributed by atoms with van der Waals surface area (Å²) in [5, 5.41) is 4.98. The van der Waals surface area contributed by atoms with E-state index in [4.69, 9.17) is 0 Å². The number of alkyl halides is 3. The maximum atomic E-state index is 13.7. The Bertz CT molecular complexity index is 1010. The van der Waals surface area contributed by atoms with Gasteiger partial charge in [0, 0.05) is 17.8 Å². The maximum absolute atomic E-state index is 13.7. The summed E-state index contributed by atoms with van der Waals surface area (Å²) < 4.78 is 64.3. The number of nitrogens with zero attached hydrogens (tertiary/aromatic N) is 2. The average molecular weight is 394 g/mol. The molecule has 10 heteroatoms. The molecule has 3 rings (SSSR count). The van der Waals surface area contributed by atoms with Crippen LogP contribution in [0.25, 0.3) is 0 Å². The largest absolute Gasteiger partial charge is 0.416 e. The molecule has 5 nitrogen and oxygen atoms in total. The summed E-state index contributed by atoms with van der Waals surface area (Å²) in [4.78, 5) is 19.8. The zero-order valence-corrected chi connectivity index (χ0v) is 13.9. The molecule has 1 heterocycles. The van der Waals surface area contributed by atoms with Crippen LogP contribution >= 0.6 is 0 Å². The quantitative estimate of drug-likeness (QED) is 0.626. The summed E-state index contributed by atoms with van der Waals surface area (Å²) in [5.41, 5.74) is -0.884. The first kappa shape index (κ1) is 19.2. The van der Waals surface area contributed by atoms with Gasteiger partial charge in [-0.2, -0.15) is 13.2 Å². The Kier molecular flexibility index (Phi) is 5.21. The van der Waals surface area contributed by atoms with Crippen LogP contribution in [0.4, 0.5) is 39.1 Å². The summed E-state index contributed by atoms with van der Waals surface area (Å²) in [5.74, 6) is -2.24. The fourth-order valence-electron chi connectivity index (χ4n) is 2.22. The second-order valence-electron chi connectivity index (χ2n) is 5.57. The van der Waals surface area contributed by atoms with Gasteiger partial charge in [-0.15, -0.1) is 0 Å². The van der Waals surface area contributed by atoms with Crippen molar-refractivity contribution in [1.29, 1.82) is 0 Å². The highest BCUT2D eigenvalue weighted by atomic mass is 19.4. The lowest BCUT2D eigenvalue weighted by Crippen LogP contribution is -2.14. The van der Waals surface area contributed by atoms with E-state index in [-0.39, 0.29) is 22.9 Å². The number of nitrogens with one attached hydrogen (secondary N) is 2. The van der Waals surface area contributed by atoms with Gasteiger partial charge in [0.05, 0.1) is 11.3 Å². The van der Waals surface area contributed by atoms with Gasteiger partial charge in [0.2, 0.25) is 0 Å². The van der Waals surface area contributed by atoms with Crippen molar-refractivity contribution in [3.05, 3.63) is 77.8 Å². The van der Waals surface area contributed by atoms with Crippen molar-refractivity contribution >= 4 is 23.1 Å². The van der Waals surface area contributed by atoms with Gasteiger partial charge >= 0.3 is 6.18 Å². The van der Waals surface area contributed by atoms with Crippen molar-refractivity contribution in [2.75, 3.05) is 10.6 Å². The molecule has 0 saturated heterocycles. The van der Waals surface area contributed by atoms with Crippen molar-refractivity contribution in [3.63, 3.8) is 0 Å². The molecule has 2 aromatic carbocycles. The number of benzene rings is 2. The minimum Gasteiger partial charge on any atom is -0.338 e. The van der Waals surface area contributed by atoms with Crippen molar-refractivity contribution in [2.24, 2.45) is 0 Å². The molecule has 0 fully saturated rings. The van der Waals surface area contributed by atoms with E-state index in [9.17, 15) is 26.7 Å². The highest BCUT2D eigenvalue weighted by Crippen LogP contribution is 2.30. The number of anilines is 3. The molecule has 0 radical (unpaired) electrons. The molecule has 0 aliphatic heterocycles. The third-order valence-electron chi connectivity index (χ3n) is 3.56. The van der Waals surface area contributed by atoms with E-state index in [1.807, 2.05) is 0 Å². The summed E-state index contributed by atoms with van der Waals surface area (Å²) in [7, 11) is 0. The standard InChI is InChI=1S/C18H11F5N4O/c19-11-3-6-14(13(20)7-11)27-16-8-15(24-9-25-16)17(28)26-12-4-1-10(2-5-12)18(21,22)23/h1-9H,(H,26,28)(H,24,25,27). The van der Waals surface area contributed by atoms with E-state index < -0.39 is 29.3 Å². The third-order valence-corrected chi connectivity index (χ3v) is 3.56. The van der Waals surface area contributed by atoms with E-state index in [0.717, 1.165) is 42.7 Å². The summed E-state index contributed by atoms with van der Waals surface area (Å²) >= 11 is 0. The van der Waals surface area contributed by atoms with E-state index in [1.54, 1.807) is 0 Å². The number of rotatable bonds is 4. The Balaban J connectivity index is 1.73. The van der Waals surface area contributed by atoms with Gasteiger partial charge in [0.15, 0.2) is 0 Å². The van der Waals surface area contributed by atoms with Gasteiger partial charge in [-0.1, -0.05) is 0 Å². The lowest BCUT2D eigenvalue weighted by molar-refractivity contribution is -0.137. The molecule has 0 aliphatic rings. The van der Waals surface area contributed by atoms with Crippen LogP contribution in [0.1, 0.15) is 16.1 Å². The minimum absolute atomic E-state index is 0.0609. The molecule has 0 unspecified atom stereocenters. The molecule has 144 valence electrons. The molecule has 28 heavy (non-hydrogen) atoms. The zero-order chi connectivity index (χ0) is 20.3. The SMILES string of the molecule is O=C(Nc1ccc(C(F)(F)F)cc1)c1cc(Nc2ccc(F)cc2F)ncn1. The molecule has 3 aromatic rings. The van der Waals surface area contributed by atoms with E-state index in [0.29, 0.717) is 6.07 Å². The Hall–Kier alpha value is -3.56. The monoisotopic (exact) mass is 394 g/mol. The van der Waals surface area contributed by atoms with Gasteiger partial charge < -0.3 is 10.6 Å². The number of carbonyl (C=O) groups is 1.